The van der Waals surface area contributed by atoms with Crippen molar-refractivity contribution < 1.29 is 23.5 Å². The van der Waals surface area contributed by atoms with Gasteiger partial charge in [0.1, 0.15) is 17.3 Å². The van der Waals surface area contributed by atoms with Crippen molar-refractivity contribution in [1.82, 2.24) is 25.7 Å². The van der Waals surface area contributed by atoms with E-state index in [0.717, 1.165) is 37.0 Å². The molecule has 0 spiro atoms. The van der Waals surface area contributed by atoms with Crippen molar-refractivity contribution in [2.45, 2.75) is 76.9 Å². The number of carbonyl (C=O) groups is 2. The lowest BCUT2D eigenvalue weighted by atomic mass is 9.82. The first-order valence-corrected chi connectivity index (χ1v) is 14.3. The fraction of sp³-hybridized carbons (Fsp3) is 0.469. The predicted molar refractivity (Wildman–Crippen MR) is 159 cm³/mol. The third-order valence-electron chi connectivity index (χ3n) is 7.51. The molecule has 0 bridgehead atoms. The first kappa shape index (κ1) is 32.7. The van der Waals surface area contributed by atoms with Crippen LogP contribution in [0, 0.1) is 24.0 Å². The van der Waals surface area contributed by atoms with Gasteiger partial charge in [-0.05, 0) is 69.9 Å². The molecule has 1 fully saturated rings. The molecule has 3 rings (SSSR count). The van der Waals surface area contributed by atoms with Gasteiger partial charge in [-0.3, -0.25) is 19.6 Å². The lowest BCUT2D eigenvalue weighted by Crippen LogP contribution is -2.73. The van der Waals surface area contributed by atoms with Gasteiger partial charge in [-0.25, -0.2) is 8.78 Å². The molecule has 226 valence electrons. The number of hydrogen-bond acceptors (Lipinski definition) is 5. The van der Waals surface area contributed by atoms with Crippen molar-refractivity contribution in [3.8, 4) is 23.6 Å². The third kappa shape index (κ3) is 8.14. The summed E-state index contributed by atoms with van der Waals surface area (Å²) in [6, 6.07) is 4.75. The van der Waals surface area contributed by atoms with E-state index in [1.165, 1.54) is 12.1 Å². The number of allylic oxidation sites excluding steroid dienone is 2. The molecule has 2 amide bonds. The van der Waals surface area contributed by atoms with Gasteiger partial charge in [-0.15, -0.1) is 6.42 Å². The number of nitrogens with one attached hydrogen (secondary N) is 3. The first-order chi connectivity index (χ1) is 20.0. The lowest BCUT2D eigenvalue weighted by Gasteiger charge is -2.53. The Morgan fingerprint density at radius 2 is 2.02 bits per heavy atom. The molecule has 0 saturated carbocycles. The molecule has 1 aromatic heterocycles. The van der Waals surface area contributed by atoms with Gasteiger partial charge in [0.2, 0.25) is 5.91 Å². The number of aliphatic hydroxyl groups excluding tert-OH is 1. The van der Waals surface area contributed by atoms with Crippen LogP contribution >= 0.6 is 0 Å². The molecule has 1 unspecified atom stereocenters. The van der Waals surface area contributed by atoms with E-state index in [9.17, 15) is 23.5 Å². The number of amides is 2. The van der Waals surface area contributed by atoms with Crippen LogP contribution < -0.4 is 10.6 Å². The topological polar surface area (TPSA) is 110 Å². The summed E-state index contributed by atoms with van der Waals surface area (Å²) < 4.78 is 27.7. The average molecular weight is 582 g/mol. The standard InChI is InChI=1S/C32H41F2N5O3/c1-6-10-22(11-7-2)31(4,5)35-29(41)19-32(20-39(21-32)24(12-8-3)13-9-16-40)36-30(42)28-18-27(37-38-28)25-15-14-23(33)17-26(25)34/h1,7,10-11,14-15,17-18,24,40H,8-9,12-13,16,19-21H2,2-5H3,(H,35,41)(H,36,42)(H,37,38)/b11-7-,22-10+. The first-order valence-electron chi connectivity index (χ1n) is 14.3. The summed E-state index contributed by atoms with van der Waals surface area (Å²) in [5.41, 5.74) is -0.560. The molecule has 1 aliphatic heterocycles. The van der Waals surface area contributed by atoms with Crippen molar-refractivity contribution in [2.24, 2.45) is 0 Å². The number of nitrogens with zero attached hydrogens (tertiary/aromatic N) is 2. The van der Waals surface area contributed by atoms with Gasteiger partial charge in [0.15, 0.2) is 0 Å². The molecular formula is C32H41F2N5O3. The number of likely N-dealkylation sites (tertiary alicyclic amines) is 1. The second kappa shape index (κ2) is 14.4. The zero-order valence-corrected chi connectivity index (χ0v) is 24.8. The van der Waals surface area contributed by atoms with Gasteiger partial charge in [-0.2, -0.15) is 5.10 Å². The van der Waals surface area contributed by atoms with Crippen LogP contribution in [-0.2, 0) is 4.79 Å². The summed E-state index contributed by atoms with van der Waals surface area (Å²) in [4.78, 5) is 29.0. The number of rotatable bonds is 14. The molecule has 4 N–H and O–H groups in total. The van der Waals surface area contributed by atoms with Gasteiger partial charge in [0, 0.05) is 37.4 Å². The molecular weight excluding hydrogens is 540 g/mol. The van der Waals surface area contributed by atoms with Crippen molar-refractivity contribution in [3.05, 3.63) is 65.4 Å². The molecule has 0 radical (unpaired) electrons. The van der Waals surface area contributed by atoms with E-state index in [-0.39, 0.29) is 41.9 Å². The molecule has 8 nitrogen and oxygen atoms in total. The number of carbonyl (C=O) groups excluding carboxylic acids is 2. The number of hydrogen-bond donors (Lipinski definition) is 4. The summed E-state index contributed by atoms with van der Waals surface area (Å²) >= 11 is 0. The third-order valence-corrected chi connectivity index (χ3v) is 7.51. The van der Waals surface area contributed by atoms with Gasteiger partial charge >= 0.3 is 0 Å². The molecule has 1 aromatic carbocycles. The summed E-state index contributed by atoms with van der Waals surface area (Å²) in [5.74, 6) is 0.263. The minimum atomic E-state index is -0.870. The Bertz CT molecular complexity index is 1350. The number of halogens is 2. The van der Waals surface area contributed by atoms with Crippen LogP contribution in [0.4, 0.5) is 8.78 Å². The second-order valence-corrected chi connectivity index (χ2v) is 11.4. The van der Waals surface area contributed by atoms with Crippen molar-refractivity contribution in [2.75, 3.05) is 19.7 Å². The number of aromatic nitrogens is 2. The van der Waals surface area contributed by atoms with Crippen LogP contribution in [0.5, 0.6) is 0 Å². The summed E-state index contributed by atoms with van der Waals surface area (Å²) in [7, 11) is 0. The number of aromatic amines is 1. The quantitative estimate of drug-likeness (QED) is 0.194. The molecule has 1 aliphatic rings. The van der Waals surface area contributed by atoms with E-state index < -0.39 is 28.6 Å². The van der Waals surface area contributed by atoms with Gasteiger partial charge in [-0.1, -0.05) is 31.4 Å². The van der Waals surface area contributed by atoms with E-state index in [0.29, 0.717) is 19.5 Å². The SMILES string of the molecule is C#C/C=C(\C=C/C)C(C)(C)NC(=O)CC1(NC(=O)c2cc(-c3ccc(F)cc3F)n[nH]2)CN(C(CCC)CCCO)C1. The highest BCUT2D eigenvalue weighted by atomic mass is 19.1. The molecule has 1 atom stereocenters. The highest BCUT2D eigenvalue weighted by Crippen LogP contribution is 2.31. The van der Waals surface area contributed by atoms with Crippen molar-refractivity contribution >= 4 is 11.8 Å². The Hall–Kier alpha value is -3.81. The van der Waals surface area contributed by atoms with E-state index in [1.807, 2.05) is 32.9 Å². The largest absolute Gasteiger partial charge is 0.396 e. The Balaban J connectivity index is 1.82. The zero-order chi connectivity index (χ0) is 30.9. The Morgan fingerprint density at radius 3 is 2.64 bits per heavy atom. The van der Waals surface area contributed by atoms with E-state index in [2.05, 4.69) is 38.6 Å². The fourth-order valence-electron chi connectivity index (χ4n) is 5.45. The highest BCUT2D eigenvalue weighted by molar-refractivity contribution is 5.94. The molecule has 1 saturated heterocycles. The van der Waals surface area contributed by atoms with Crippen LogP contribution in [0.2, 0.25) is 0 Å². The van der Waals surface area contributed by atoms with Gasteiger partial charge in [0.05, 0.1) is 23.2 Å². The van der Waals surface area contributed by atoms with Crippen LogP contribution in [0.15, 0.2) is 48.1 Å². The maximum atomic E-state index is 14.3. The van der Waals surface area contributed by atoms with Crippen molar-refractivity contribution in [3.63, 3.8) is 0 Å². The average Bonchev–Trinajstić information content (AvgIpc) is 3.39. The minimum Gasteiger partial charge on any atom is -0.396 e. The van der Waals surface area contributed by atoms with Crippen LogP contribution in [0.3, 0.4) is 0 Å². The second-order valence-electron chi connectivity index (χ2n) is 11.4. The summed E-state index contributed by atoms with van der Waals surface area (Å²) in [6.45, 7) is 8.67. The van der Waals surface area contributed by atoms with Crippen LogP contribution in [-0.4, -0.2) is 68.8 Å². The predicted octanol–water partition coefficient (Wildman–Crippen LogP) is 4.50. The molecule has 10 heteroatoms. The normalized spacial score (nSPS) is 16.1. The minimum absolute atomic E-state index is 0.0181. The monoisotopic (exact) mass is 581 g/mol. The Kier molecular flexibility index (Phi) is 11.2. The van der Waals surface area contributed by atoms with Gasteiger partial charge < -0.3 is 15.7 Å². The van der Waals surface area contributed by atoms with Crippen LogP contribution in [0.1, 0.15) is 70.3 Å². The molecule has 2 aromatic rings. The molecule has 2 heterocycles. The molecule has 42 heavy (non-hydrogen) atoms. The fourth-order valence-corrected chi connectivity index (χ4v) is 5.45. The van der Waals surface area contributed by atoms with Crippen LogP contribution in [0.25, 0.3) is 11.3 Å². The van der Waals surface area contributed by atoms with E-state index in [1.54, 1.807) is 6.08 Å². The number of H-pyrrole nitrogens is 1. The smallest absolute Gasteiger partial charge is 0.269 e. The van der Waals surface area contributed by atoms with Crippen molar-refractivity contribution in [1.29, 1.82) is 0 Å². The molecule has 0 aliphatic carbocycles. The maximum Gasteiger partial charge on any atom is 0.269 e. The number of terminal acetylenes is 1. The van der Waals surface area contributed by atoms with E-state index in [4.69, 9.17) is 6.42 Å². The Labute approximate surface area is 246 Å². The maximum absolute atomic E-state index is 14.3. The van der Waals surface area contributed by atoms with Gasteiger partial charge in [0.25, 0.3) is 5.91 Å². The van der Waals surface area contributed by atoms with E-state index >= 15 is 0 Å². The Morgan fingerprint density at radius 1 is 1.29 bits per heavy atom. The zero-order valence-electron chi connectivity index (χ0n) is 24.8. The number of benzene rings is 1. The highest BCUT2D eigenvalue weighted by Gasteiger charge is 2.48. The lowest BCUT2D eigenvalue weighted by molar-refractivity contribution is -0.126. The summed E-state index contributed by atoms with van der Waals surface area (Å²) in [5, 5.41) is 22.1. The number of aliphatic hydroxyl groups is 1. The summed E-state index contributed by atoms with van der Waals surface area (Å²) in [6.07, 6.45) is 14.2.